The lowest BCUT2D eigenvalue weighted by Crippen LogP contribution is -2.63. The minimum atomic E-state index is -1.94. The minimum Gasteiger partial charge on any atom is -0.466 e. The van der Waals surface area contributed by atoms with Gasteiger partial charge in [0.15, 0.2) is 8.32 Å². The van der Waals surface area contributed by atoms with Gasteiger partial charge in [0.2, 0.25) is 5.91 Å². The molecule has 0 aromatic rings. The summed E-state index contributed by atoms with van der Waals surface area (Å²) < 4.78 is 11.0. The van der Waals surface area contributed by atoms with E-state index in [0.717, 1.165) is 0 Å². The second kappa shape index (κ2) is 6.54. The van der Waals surface area contributed by atoms with Gasteiger partial charge < -0.3 is 14.5 Å². The average Bonchev–Trinajstić information content (AvgIpc) is 2.34. The maximum atomic E-state index is 11.9. The van der Waals surface area contributed by atoms with Crippen LogP contribution in [0.15, 0.2) is 12.2 Å². The lowest BCUT2D eigenvalue weighted by molar-refractivity contribution is -0.142. The Bertz CT molecular complexity index is 467. The lowest BCUT2D eigenvalue weighted by Gasteiger charge is -2.45. The molecule has 5 nitrogen and oxygen atoms in total. The van der Waals surface area contributed by atoms with E-state index in [4.69, 9.17) is 4.43 Å². The van der Waals surface area contributed by atoms with E-state index in [1.165, 1.54) is 7.11 Å². The Balaban J connectivity index is 2.71. The highest BCUT2D eigenvalue weighted by molar-refractivity contribution is 6.74. The Hall–Kier alpha value is -1.14. The molecule has 1 rings (SSSR count). The van der Waals surface area contributed by atoms with E-state index in [1.54, 1.807) is 0 Å². The highest BCUT2D eigenvalue weighted by Gasteiger charge is 2.47. The molecule has 0 aliphatic carbocycles. The standard InChI is InChI=1S/C16H29NO4Si/c1-10(15(19)20-6)9-12-13(14(18)17-12)11(2)21-22(7,8)16(3,4)5/h11-13H,1,9H2,2-8H3,(H,17,18)/t11-,12-,13-/m1/s1. The van der Waals surface area contributed by atoms with Crippen LogP contribution in [-0.4, -0.2) is 39.4 Å². The zero-order valence-corrected chi connectivity index (χ0v) is 15.8. The third-order valence-electron chi connectivity index (χ3n) is 4.80. The second-order valence-electron chi connectivity index (χ2n) is 7.52. The van der Waals surface area contributed by atoms with Crippen LogP contribution in [-0.2, 0) is 18.8 Å². The van der Waals surface area contributed by atoms with Crippen LogP contribution in [0.25, 0.3) is 0 Å². The molecule has 1 aliphatic rings. The van der Waals surface area contributed by atoms with Gasteiger partial charge in [-0.1, -0.05) is 27.4 Å². The molecule has 1 heterocycles. The molecule has 0 aromatic carbocycles. The van der Waals surface area contributed by atoms with Gasteiger partial charge in [-0.05, 0) is 25.1 Å². The van der Waals surface area contributed by atoms with Crippen LogP contribution >= 0.6 is 0 Å². The van der Waals surface area contributed by atoms with Crippen molar-refractivity contribution < 1.29 is 18.8 Å². The van der Waals surface area contributed by atoms with Crippen LogP contribution in [0.2, 0.25) is 18.1 Å². The smallest absolute Gasteiger partial charge is 0.333 e. The summed E-state index contributed by atoms with van der Waals surface area (Å²) in [5.74, 6) is -0.692. The first-order valence-electron chi connectivity index (χ1n) is 7.65. The number of carbonyl (C=O) groups is 2. The monoisotopic (exact) mass is 327 g/mol. The van der Waals surface area contributed by atoms with E-state index in [9.17, 15) is 9.59 Å². The summed E-state index contributed by atoms with van der Waals surface area (Å²) in [7, 11) is -0.608. The summed E-state index contributed by atoms with van der Waals surface area (Å²) in [6.45, 7) is 16.5. The third kappa shape index (κ3) is 3.98. The van der Waals surface area contributed by atoms with Crippen molar-refractivity contribution in [3.05, 3.63) is 12.2 Å². The molecule has 1 N–H and O–H groups in total. The molecule has 0 spiro atoms. The molecule has 0 saturated carbocycles. The van der Waals surface area contributed by atoms with E-state index in [-0.39, 0.29) is 29.0 Å². The van der Waals surface area contributed by atoms with E-state index >= 15 is 0 Å². The van der Waals surface area contributed by atoms with E-state index in [2.05, 4.69) is 50.5 Å². The summed E-state index contributed by atoms with van der Waals surface area (Å²) in [5.41, 5.74) is 0.372. The van der Waals surface area contributed by atoms with Crippen LogP contribution in [0.1, 0.15) is 34.1 Å². The molecule has 1 amide bonds. The fourth-order valence-electron chi connectivity index (χ4n) is 2.38. The predicted octanol–water partition coefficient (Wildman–Crippen LogP) is 2.63. The second-order valence-corrected chi connectivity index (χ2v) is 12.3. The van der Waals surface area contributed by atoms with Crippen LogP contribution in [0, 0.1) is 5.92 Å². The van der Waals surface area contributed by atoms with Gasteiger partial charge in [-0.15, -0.1) is 0 Å². The molecule has 22 heavy (non-hydrogen) atoms. The molecule has 0 bridgehead atoms. The Kier molecular flexibility index (Phi) is 5.62. The molecule has 0 aromatic heterocycles. The van der Waals surface area contributed by atoms with Crippen molar-refractivity contribution in [3.63, 3.8) is 0 Å². The molecule has 0 radical (unpaired) electrons. The number of esters is 1. The summed E-state index contributed by atoms with van der Waals surface area (Å²) in [6.07, 6.45) is 0.221. The molecule has 126 valence electrons. The Morgan fingerprint density at radius 3 is 2.36 bits per heavy atom. The minimum absolute atomic E-state index is 0.0196. The van der Waals surface area contributed by atoms with Gasteiger partial charge >= 0.3 is 5.97 Å². The zero-order chi connectivity index (χ0) is 17.3. The van der Waals surface area contributed by atoms with Gasteiger partial charge in [0.05, 0.1) is 19.1 Å². The Labute approximate surface area is 134 Å². The molecular weight excluding hydrogens is 298 g/mol. The van der Waals surface area contributed by atoms with Gasteiger partial charge in [-0.2, -0.15) is 0 Å². The highest BCUT2D eigenvalue weighted by atomic mass is 28.4. The highest BCUT2D eigenvalue weighted by Crippen LogP contribution is 2.39. The van der Waals surface area contributed by atoms with E-state index in [1.807, 2.05) is 6.92 Å². The topological polar surface area (TPSA) is 64.6 Å². The van der Waals surface area contributed by atoms with Crippen LogP contribution < -0.4 is 5.32 Å². The maximum absolute atomic E-state index is 11.9. The number of ether oxygens (including phenoxy) is 1. The fraction of sp³-hybridized carbons (Fsp3) is 0.750. The van der Waals surface area contributed by atoms with Crippen molar-refractivity contribution in [2.24, 2.45) is 5.92 Å². The fourth-order valence-corrected chi connectivity index (χ4v) is 3.81. The molecule has 6 heteroatoms. The van der Waals surface area contributed by atoms with E-state index in [0.29, 0.717) is 12.0 Å². The number of hydrogen-bond donors (Lipinski definition) is 1. The molecule has 1 fully saturated rings. The SMILES string of the molecule is C=C(C[C@H]1NC(=O)[C@@H]1[C@@H](C)O[Si](C)(C)C(C)(C)C)C(=O)OC. The number of rotatable bonds is 6. The first-order valence-corrected chi connectivity index (χ1v) is 10.6. The quantitative estimate of drug-likeness (QED) is 0.352. The summed E-state index contributed by atoms with van der Waals surface area (Å²) in [6, 6.07) is -0.112. The third-order valence-corrected chi connectivity index (χ3v) is 9.37. The van der Waals surface area contributed by atoms with Crippen molar-refractivity contribution in [3.8, 4) is 0 Å². The van der Waals surface area contributed by atoms with Crippen LogP contribution in [0.4, 0.5) is 0 Å². The largest absolute Gasteiger partial charge is 0.466 e. The zero-order valence-electron chi connectivity index (χ0n) is 14.8. The first kappa shape index (κ1) is 18.9. The van der Waals surface area contributed by atoms with Crippen LogP contribution in [0.5, 0.6) is 0 Å². The van der Waals surface area contributed by atoms with E-state index < -0.39 is 14.3 Å². The maximum Gasteiger partial charge on any atom is 0.333 e. The summed E-state index contributed by atoms with van der Waals surface area (Å²) in [5, 5.41) is 2.93. The Morgan fingerprint density at radius 2 is 1.95 bits per heavy atom. The molecular formula is C16H29NO4Si. The number of hydrogen-bond acceptors (Lipinski definition) is 4. The van der Waals surface area contributed by atoms with Gasteiger partial charge in [-0.25, -0.2) is 4.79 Å². The van der Waals surface area contributed by atoms with Crippen molar-refractivity contribution in [2.45, 2.75) is 64.4 Å². The summed E-state index contributed by atoms with van der Waals surface area (Å²) in [4.78, 5) is 23.4. The molecule has 0 unspecified atom stereocenters. The lowest BCUT2D eigenvalue weighted by atomic mass is 9.82. The average molecular weight is 327 g/mol. The first-order chi connectivity index (χ1) is 9.90. The molecule has 1 aliphatic heterocycles. The summed E-state index contributed by atoms with van der Waals surface area (Å²) >= 11 is 0. The van der Waals surface area contributed by atoms with Crippen LogP contribution in [0.3, 0.4) is 0 Å². The van der Waals surface area contributed by atoms with Crippen molar-refractivity contribution in [2.75, 3.05) is 7.11 Å². The number of nitrogens with one attached hydrogen (secondary N) is 1. The van der Waals surface area contributed by atoms with Gasteiger partial charge in [0.1, 0.15) is 0 Å². The van der Waals surface area contributed by atoms with Gasteiger partial charge in [-0.3, -0.25) is 4.79 Å². The van der Waals surface area contributed by atoms with Crippen molar-refractivity contribution in [1.29, 1.82) is 0 Å². The number of carbonyl (C=O) groups excluding carboxylic acids is 2. The van der Waals surface area contributed by atoms with Gasteiger partial charge in [0.25, 0.3) is 0 Å². The Morgan fingerprint density at radius 1 is 1.41 bits per heavy atom. The van der Waals surface area contributed by atoms with Gasteiger partial charge in [0, 0.05) is 18.0 Å². The number of amides is 1. The predicted molar refractivity (Wildman–Crippen MR) is 88.9 cm³/mol. The normalized spacial score (nSPS) is 23.3. The van der Waals surface area contributed by atoms with Crippen molar-refractivity contribution >= 4 is 20.2 Å². The number of methoxy groups -OCH3 is 1. The molecule has 3 atom stereocenters. The molecule has 1 saturated heterocycles. The van der Waals surface area contributed by atoms with Crippen molar-refractivity contribution in [1.82, 2.24) is 5.32 Å². The number of β-lactam (4-membered cyclic amide) rings is 1.